The van der Waals surface area contributed by atoms with Gasteiger partial charge in [-0.1, -0.05) is 11.3 Å². The highest BCUT2D eigenvalue weighted by molar-refractivity contribution is 7.09. The van der Waals surface area contributed by atoms with E-state index in [9.17, 15) is 0 Å². The molecular formula is C6H10BrNS. The van der Waals surface area contributed by atoms with Crippen molar-refractivity contribution in [2.24, 2.45) is 7.05 Å². The van der Waals surface area contributed by atoms with Crippen LogP contribution in [0, 0.1) is 13.8 Å². The molecule has 0 aromatic carbocycles. The van der Waals surface area contributed by atoms with Crippen molar-refractivity contribution in [1.82, 2.24) is 0 Å². The summed E-state index contributed by atoms with van der Waals surface area (Å²) in [5, 5.41) is 3.53. The molecule has 0 N–H and O–H groups in total. The van der Waals surface area contributed by atoms with Gasteiger partial charge in [-0.05, 0) is 0 Å². The van der Waals surface area contributed by atoms with E-state index in [-0.39, 0.29) is 17.0 Å². The van der Waals surface area contributed by atoms with Gasteiger partial charge in [-0.15, -0.1) is 0 Å². The van der Waals surface area contributed by atoms with Gasteiger partial charge in [-0.3, -0.25) is 0 Å². The average molecular weight is 208 g/mol. The standard InChI is InChI=1S/C6H10NS.BrH/c1-5-4-8-6(2)7(5)3;/h4H,1-3H3;1H/q+1;/p-1. The van der Waals surface area contributed by atoms with E-state index in [1.807, 2.05) is 0 Å². The molecule has 9 heavy (non-hydrogen) atoms. The summed E-state index contributed by atoms with van der Waals surface area (Å²) in [6, 6.07) is 0. The van der Waals surface area contributed by atoms with Gasteiger partial charge in [0.15, 0.2) is 5.69 Å². The lowest BCUT2D eigenvalue weighted by Crippen LogP contribution is -3.00. The lowest BCUT2D eigenvalue weighted by molar-refractivity contribution is -0.678. The van der Waals surface area contributed by atoms with Gasteiger partial charge >= 0.3 is 0 Å². The average Bonchev–Trinajstić information content (AvgIpc) is 1.98. The predicted octanol–water partition coefficient (Wildman–Crippen LogP) is -1.81. The second-order valence-electron chi connectivity index (χ2n) is 1.96. The van der Waals surface area contributed by atoms with Gasteiger partial charge in [0.1, 0.15) is 7.05 Å². The molecule has 1 nitrogen and oxygen atoms in total. The molecule has 1 rings (SSSR count). The van der Waals surface area contributed by atoms with Crippen molar-refractivity contribution >= 4 is 11.3 Å². The van der Waals surface area contributed by atoms with Crippen LogP contribution in [0.4, 0.5) is 0 Å². The Morgan fingerprint density at radius 3 is 2.11 bits per heavy atom. The van der Waals surface area contributed by atoms with E-state index in [4.69, 9.17) is 0 Å². The molecule has 0 unspecified atom stereocenters. The Morgan fingerprint density at radius 2 is 2.00 bits per heavy atom. The fraction of sp³-hybridized carbons (Fsp3) is 0.500. The van der Waals surface area contributed by atoms with Crippen molar-refractivity contribution in [3.63, 3.8) is 0 Å². The van der Waals surface area contributed by atoms with Crippen LogP contribution in [0.3, 0.4) is 0 Å². The van der Waals surface area contributed by atoms with Crippen LogP contribution >= 0.6 is 11.3 Å². The molecule has 1 aromatic rings. The third-order valence-electron chi connectivity index (χ3n) is 1.40. The molecule has 0 spiro atoms. The second-order valence-corrected chi connectivity index (χ2v) is 3.02. The van der Waals surface area contributed by atoms with E-state index < -0.39 is 0 Å². The van der Waals surface area contributed by atoms with Crippen LogP contribution in [0.25, 0.3) is 0 Å². The van der Waals surface area contributed by atoms with Crippen LogP contribution < -0.4 is 21.5 Å². The molecule has 52 valence electrons. The fourth-order valence-electron chi connectivity index (χ4n) is 0.577. The molecule has 0 radical (unpaired) electrons. The Labute approximate surface area is 70.1 Å². The summed E-state index contributed by atoms with van der Waals surface area (Å²) < 4.78 is 2.19. The third-order valence-corrected chi connectivity index (χ3v) is 2.48. The Balaban J connectivity index is 0.000000640. The highest BCUT2D eigenvalue weighted by Crippen LogP contribution is 2.02. The summed E-state index contributed by atoms with van der Waals surface area (Å²) >= 11 is 1.79. The Bertz CT molecular complexity index is 175. The van der Waals surface area contributed by atoms with Crippen LogP contribution in [0.15, 0.2) is 5.38 Å². The van der Waals surface area contributed by atoms with E-state index >= 15 is 0 Å². The van der Waals surface area contributed by atoms with Gasteiger partial charge in [0.05, 0.1) is 5.38 Å². The molecular weight excluding hydrogens is 198 g/mol. The summed E-state index contributed by atoms with van der Waals surface area (Å²) in [5.74, 6) is 0. The van der Waals surface area contributed by atoms with E-state index in [0.717, 1.165) is 0 Å². The number of halogens is 1. The van der Waals surface area contributed by atoms with Gasteiger partial charge in [-0.2, -0.15) is 4.57 Å². The number of hydrogen-bond acceptors (Lipinski definition) is 1. The third kappa shape index (κ3) is 1.76. The molecule has 0 aliphatic heterocycles. The van der Waals surface area contributed by atoms with Crippen LogP contribution in [0.5, 0.6) is 0 Å². The smallest absolute Gasteiger partial charge is 0.234 e. The molecule has 0 fully saturated rings. The number of hydrogen-bond donors (Lipinski definition) is 0. The van der Waals surface area contributed by atoms with Crippen molar-refractivity contribution in [3.8, 4) is 0 Å². The second kappa shape index (κ2) is 3.32. The fourth-order valence-corrected chi connectivity index (χ4v) is 1.38. The maximum absolute atomic E-state index is 2.19. The Morgan fingerprint density at radius 1 is 1.44 bits per heavy atom. The molecule has 0 saturated heterocycles. The molecule has 3 heteroatoms. The Kier molecular flexibility index (Phi) is 3.36. The van der Waals surface area contributed by atoms with Crippen LogP contribution in [-0.4, -0.2) is 0 Å². The van der Waals surface area contributed by atoms with Crippen LogP contribution in [0.2, 0.25) is 0 Å². The van der Waals surface area contributed by atoms with Gasteiger partial charge in [0.2, 0.25) is 5.01 Å². The minimum absolute atomic E-state index is 0. The monoisotopic (exact) mass is 207 g/mol. The van der Waals surface area contributed by atoms with E-state index in [1.54, 1.807) is 11.3 Å². The summed E-state index contributed by atoms with van der Waals surface area (Å²) in [5.41, 5.74) is 1.34. The van der Waals surface area contributed by atoms with Crippen LogP contribution in [0.1, 0.15) is 10.7 Å². The number of rotatable bonds is 0. The first-order valence-electron chi connectivity index (χ1n) is 2.62. The minimum Gasteiger partial charge on any atom is -1.00 e. The van der Waals surface area contributed by atoms with Crippen molar-refractivity contribution in [3.05, 3.63) is 16.1 Å². The molecule has 0 saturated carbocycles. The van der Waals surface area contributed by atoms with Crippen molar-refractivity contribution < 1.29 is 21.5 Å². The number of thiazole rings is 1. The van der Waals surface area contributed by atoms with Crippen molar-refractivity contribution in [2.45, 2.75) is 13.8 Å². The van der Waals surface area contributed by atoms with Crippen molar-refractivity contribution in [1.29, 1.82) is 0 Å². The number of aryl methyl sites for hydroxylation is 2. The van der Waals surface area contributed by atoms with Gasteiger partial charge < -0.3 is 17.0 Å². The van der Waals surface area contributed by atoms with Crippen molar-refractivity contribution in [2.75, 3.05) is 0 Å². The maximum Gasteiger partial charge on any atom is 0.234 e. The first kappa shape index (κ1) is 9.11. The van der Waals surface area contributed by atoms with Gasteiger partial charge in [0, 0.05) is 13.8 Å². The minimum atomic E-state index is 0. The van der Waals surface area contributed by atoms with E-state index in [2.05, 4.69) is 30.8 Å². The lowest BCUT2D eigenvalue weighted by Gasteiger charge is -1.80. The number of aromatic nitrogens is 1. The summed E-state index contributed by atoms with van der Waals surface area (Å²) in [7, 11) is 2.08. The SMILES string of the molecule is Cc1csc(C)[n+]1C.[Br-]. The largest absolute Gasteiger partial charge is 1.00 e. The van der Waals surface area contributed by atoms with Gasteiger partial charge in [-0.25, -0.2) is 0 Å². The Hall–Kier alpha value is 0.110. The highest BCUT2D eigenvalue weighted by Gasteiger charge is 2.04. The zero-order chi connectivity index (χ0) is 6.15. The molecule has 0 aliphatic rings. The summed E-state index contributed by atoms with van der Waals surface area (Å²) in [4.78, 5) is 0. The zero-order valence-electron chi connectivity index (χ0n) is 5.81. The molecule has 1 aromatic heterocycles. The van der Waals surface area contributed by atoms with E-state index in [1.165, 1.54) is 10.7 Å². The molecule has 1 heterocycles. The normalized spacial score (nSPS) is 8.78. The first-order chi connectivity index (χ1) is 3.72. The zero-order valence-corrected chi connectivity index (χ0v) is 8.21. The molecule has 0 atom stereocenters. The highest BCUT2D eigenvalue weighted by atomic mass is 79.9. The maximum atomic E-state index is 2.19. The quantitative estimate of drug-likeness (QED) is 0.443. The summed E-state index contributed by atoms with van der Waals surface area (Å²) in [6.45, 7) is 4.24. The number of nitrogens with zero attached hydrogens (tertiary/aromatic N) is 1. The lowest BCUT2D eigenvalue weighted by atomic mass is 10.5. The van der Waals surface area contributed by atoms with E-state index in [0.29, 0.717) is 0 Å². The predicted molar refractivity (Wildman–Crippen MR) is 35.0 cm³/mol. The molecule has 0 aliphatic carbocycles. The topological polar surface area (TPSA) is 3.88 Å². The first-order valence-corrected chi connectivity index (χ1v) is 3.50. The molecule has 0 bridgehead atoms. The summed E-state index contributed by atoms with van der Waals surface area (Å²) in [6.07, 6.45) is 0. The van der Waals surface area contributed by atoms with Gasteiger partial charge in [0.25, 0.3) is 0 Å². The van der Waals surface area contributed by atoms with Crippen LogP contribution in [-0.2, 0) is 7.05 Å². The molecule has 0 amide bonds.